The summed E-state index contributed by atoms with van der Waals surface area (Å²) >= 11 is 6.62. The van der Waals surface area contributed by atoms with Crippen LogP contribution in [-0.2, 0) is 16.6 Å². The Hall–Kier alpha value is -1.10. The van der Waals surface area contributed by atoms with Gasteiger partial charge in [-0.2, -0.15) is 13.5 Å². The van der Waals surface area contributed by atoms with Crippen LogP contribution in [-0.4, -0.2) is 25.7 Å². The van der Waals surface area contributed by atoms with Gasteiger partial charge in [-0.25, -0.2) is 0 Å². The summed E-state index contributed by atoms with van der Waals surface area (Å²) in [6.45, 7) is 0.0670. The molecule has 1 aromatic carbocycles. The first kappa shape index (κ1) is 16.3. The number of anilines is 1. The number of benzene rings is 1. The summed E-state index contributed by atoms with van der Waals surface area (Å²) in [4.78, 5) is 0. The van der Waals surface area contributed by atoms with Crippen molar-refractivity contribution in [1.82, 2.24) is 10.2 Å². The molecule has 0 atom stereocenters. The van der Waals surface area contributed by atoms with E-state index in [1.54, 1.807) is 12.1 Å². The second kappa shape index (κ2) is 6.34. The molecule has 0 fully saturated rings. The Labute approximate surface area is 138 Å². The molecule has 114 valence electrons. The lowest BCUT2D eigenvalue weighted by Crippen LogP contribution is -2.16. The standard InChI is InChI=1S/C11H12Br2N4O3S/c1-20-10-3-9(7(12)2-8(10)13)17-21(18,19)11-6(4-14)5-15-16-11/h2-3,5,17H,4,14H2,1H3,(H,15,16). The number of rotatable bonds is 5. The minimum absolute atomic E-state index is 0.0567. The number of aromatic nitrogens is 2. The minimum Gasteiger partial charge on any atom is -0.495 e. The smallest absolute Gasteiger partial charge is 0.279 e. The normalized spacial score (nSPS) is 11.4. The lowest BCUT2D eigenvalue weighted by Gasteiger charge is -2.12. The molecule has 0 aliphatic heterocycles. The third-order valence-corrected chi connectivity index (χ3v) is 5.31. The molecule has 7 nitrogen and oxygen atoms in total. The van der Waals surface area contributed by atoms with Crippen molar-refractivity contribution in [2.45, 2.75) is 11.6 Å². The zero-order valence-electron chi connectivity index (χ0n) is 10.9. The summed E-state index contributed by atoms with van der Waals surface area (Å²) in [5.74, 6) is 0.500. The average molecular weight is 440 g/mol. The van der Waals surface area contributed by atoms with Gasteiger partial charge < -0.3 is 10.5 Å². The molecule has 0 aliphatic carbocycles. The van der Waals surface area contributed by atoms with Crippen LogP contribution in [0, 0.1) is 0 Å². The molecule has 0 aliphatic rings. The summed E-state index contributed by atoms with van der Waals surface area (Å²) in [7, 11) is -2.33. The van der Waals surface area contributed by atoms with E-state index in [1.807, 2.05) is 0 Å². The van der Waals surface area contributed by atoms with Gasteiger partial charge in [0.2, 0.25) is 0 Å². The summed E-state index contributed by atoms with van der Waals surface area (Å²) in [5.41, 5.74) is 6.24. The van der Waals surface area contributed by atoms with E-state index < -0.39 is 10.0 Å². The lowest BCUT2D eigenvalue weighted by molar-refractivity contribution is 0.412. The lowest BCUT2D eigenvalue weighted by atomic mass is 10.3. The summed E-state index contributed by atoms with van der Waals surface area (Å²) in [5, 5.41) is 6.09. The molecule has 1 aromatic heterocycles. The molecule has 0 saturated carbocycles. The number of nitrogens with zero attached hydrogens (tertiary/aromatic N) is 1. The van der Waals surface area contributed by atoms with E-state index in [2.05, 4.69) is 46.8 Å². The zero-order chi connectivity index (χ0) is 15.6. The largest absolute Gasteiger partial charge is 0.495 e. The summed E-state index contributed by atoms with van der Waals surface area (Å²) in [6.07, 6.45) is 1.38. The molecular weight excluding hydrogens is 428 g/mol. The molecule has 2 aromatic rings. The molecule has 0 spiro atoms. The third kappa shape index (κ3) is 3.39. The number of ether oxygens (including phenoxy) is 1. The fraction of sp³-hybridized carbons (Fsp3) is 0.182. The van der Waals surface area contributed by atoms with Crippen molar-refractivity contribution in [3.8, 4) is 5.75 Å². The second-order valence-corrected chi connectivity index (χ2v) is 7.33. The molecular formula is C11H12Br2N4O3S. The topological polar surface area (TPSA) is 110 Å². The van der Waals surface area contributed by atoms with Crippen molar-refractivity contribution in [2.24, 2.45) is 5.73 Å². The Balaban J connectivity index is 2.42. The molecule has 0 bridgehead atoms. The molecule has 10 heteroatoms. The predicted octanol–water partition coefficient (Wildman–Crippen LogP) is 2.20. The maximum Gasteiger partial charge on any atom is 0.279 e. The van der Waals surface area contributed by atoms with E-state index in [-0.39, 0.29) is 11.6 Å². The van der Waals surface area contributed by atoms with Gasteiger partial charge in [0.25, 0.3) is 10.0 Å². The highest BCUT2D eigenvalue weighted by atomic mass is 79.9. The van der Waals surface area contributed by atoms with Gasteiger partial charge in [0.1, 0.15) is 5.75 Å². The zero-order valence-corrected chi connectivity index (χ0v) is 14.8. The van der Waals surface area contributed by atoms with Crippen LogP contribution in [0.5, 0.6) is 5.75 Å². The van der Waals surface area contributed by atoms with Crippen molar-refractivity contribution in [1.29, 1.82) is 0 Å². The van der Waals surface area contributed by atoms with Gasteiger partial charge in [-0.3, -0.25) is 9.82 Å². The van der Waals surface area contributed by atoms with E-state index in [4.69, 9.17) is 10.5 Å². The van der Waals surface area contributed by atoms with Crippen molar-refractivity contribution < 1.29 is 13.2 Å². The first-order chi connectivity index (χ1) is 9.89. The van der Waals surface area contributed by atoms with E-state index in [0.29, 0.717) is 25.9 Å². The van der Waals surface area contributed by atoms with Crippen LogP contribution in [0.3, 0.4) is 0 Å². The quantitative estimate of drug-likeness (QED) is 0.661. The van der Waals surface area contributed by atoms with E-state index in [9.17, 15) is 8.42 Å². The number of H-pyrrole nitrogens is 1. The van der Waals surface area contributed by atoms with Crippen LogP contribution in [0.25, 0.3) is 0 Å². The first-order valence-electron chi connectivity index (χ1n) is 5.67. The number of aromatic amines is 1. The number of nitrogens with one attached hydrogen (secondary N) is 2. The predicted molar refractivity (Wildman–Crippen MR) is 85.7 cm³/mol. The fourth-order valence-corrected chi connectivity index (χ4v) is 4.24. The molecule has 4 N–H and O–H groups in total. The maximum absolute atomic E-state index is 12.4. The van der Waals surface area contributed by atoms with Gasteiger partial charge in [-0.15, -0.1) is 0 Å². The number of sulfonamides is 1. The van der Waals surface area contributed by atoms with Crippen LogP contribution in [0.4, 0.5) is 5.69 Å². The maximum atomic E-state index is 12.4. The number of nitrogens with two attached hydrogens (primary N) is 1. The number of hydrogen-bond acceptors (Lipinski definition) is 5. The molecule has 2 rings (SSSR count). The molecule has 1 heterocycles. The highest BCUT2D eigenvalue weighted by Crippen LogP contribution is 2.35. The highest BCUT2D eigenvalue weighted by molar-refractivity contribution is 9.11. The van der Waals surface area contributed by atoms with Gasteiger partial charge in [0.15, 0.2) is 5.03 Å². The molecule has 0 amide bonds. The number of halogens is 2. The Morgan fingerprint density at radius 3 is 2.71 bits per heavy atom. The van der Waals surface area contributed by atoms with Gasteiger partial charge in [-0.1, -0.05) is 0 Å². The fourth-order valence-electron chi connectivity index (χ4n) is 1.64. The van der Waals surface area contributed by atoms with Crippen LogP contribution < -0.4 is 15.2 Å². The molecule has 0 saturated heterocycles. The first-order valence-corrected chi connectivity index (χ1v) is 8.74. The number of hydrogen-bond donors (Lipinski definition) is 3. The van der Waals surface area contributed by atoms with Crippen LogP contribution in [0.15, 0.2) is 32.3 Å². The van der Waals surface area contributed by atoms with E-state index in [0.717, 1.165) is 0 Å². The van der Waals surface area contributed by atoms with E-state index >= 15 is 0 Å². The van der Waals surface area contributed by atoms with Crippen LogP contribution in [0.2, 0.25) is 0 Å². The summed E-state index contributed by atoms with van der Waals surface area (Å²) < 4.78 is 33.6. The average Bonchev–Trinajstić information content (AvgIpc) is 2.91. The van der Waals surface area contributed by atoms with Gasteiger partial charge in [0, 0.05) is 22.6 Å². The number of methoxy groups -OCH3 is 1. The second-order valence-electron chi connectivity index (χ2n) is 4.00. The molecule has 0 radical (unpaired) electrons. The van der Waals surface area contributed by atoms with Crippen LogP contribution in [0.1, 0.15) is 5.56 Å². The SMILES string of the molecule is COc1cc(NS(=O)(=O)c2[nH]ncc2CN)c(Br)cc1Br. The van der Waals surface area contributed by atoms with E-state index in [1.165, 1.54) is 13.3 Å². The highest BCUT2D eigenvalue weighted by Gasteiger charge is 2.22. The molecule has 21 heavy (non-hydrogen) atoms. The van der Waals surface area contributed by atoms with Crippen molar-refractivity contribution >= 4 is 47.6 Å². The monoisotopic (exact) mass is 438 g/mol. The Morgan fingerprint density at radius 2 is 2.10 bits per heavy atom. The van der Waals surface area contributed by atoms with Crippen molar-refractivity contribution in [3.63, 3.8) is 0 Å². The van der Waals surface area contributed by atoms with Gasteiger partial charge >= 0.3 is 0 Å². The van der Waals surface area contributed by atoms with Crippen molar-refractivity contribution in [2.75, 3.05) is 11.8 Å². The summed E-state index contributed by atoms with van der Waals surface area (Å²) in [6, 6.07) is 3.25. The third-order valence-electron chi connectivity index (χ3n) is 2.65. The Bertz CT molecular complexity index is 761. The van der Waals surface area contributed by atoms with Gasteiger partial charge in [0.05, 0.1) is 23.5 Å². The Morgan fingerprint density at radius 1 is 1.38 bits per heavy atom. The Kier molecular flexibility index (Phi) is 4.91. The van der Waals surface area contributed by atoms with Gasteiger partial charge in [-0.05, 0) is 37.9 Å². The van der Waals surface area contributed by atoms with Crippen LogP contribution >= 0.6 is 31.9 Å². The minimum atomic E-state index is -3.82. The van der Waals surface area contributed by atoms with Crippen molar-refractivity contribution in [3.05, 3.63) is 32.8 Å². The molecule has 0 unspecified atom stereocenters.